The molecule has 6 heteroatoms. The average molecular weight is 253 g/mol. The number of aromatic hydroxyl groups is 2. The molecule has 1 fully saturated rings. The van der Waals surface area contributed by atoms with Gasteiger partial charge in [0.05, 0.1) is 12.2 Å². The third kappa shape index (κ3) is 2.55. The van der Waals surface area contributed by atoms with Crippen LogP contribution < -0.4 is 5.32 Å². The van der Waals surface area contributed by atoms with E-state index in [1.165, 1.54) is 18.2 Å². The van der Waals surface area contributed by atoms with Gasteiger partial charge in [-0.2, -0.15) is 0 Å². The van der Waals surface area contributed by atoms with Crippen LogP contribution in [0.4, 0.5) is 0 Å². The highest BCUT2D eigenvalue weighted by molar-refractivity contribution is 5.97. The Hall–Kier alpha value is -1.79. The molecule has 98 valence electrons. The fraction of sp³-hybridized carbons (Fsp3) is 0.417. The van der Waals surface area contributed by atoms with Gasteiger partial charge >= 0.3 is 0 Å². The Bertz CT molecular complexity index is 454. The van der Waals surface area contributed by atoms with E-state index in [2.05, 4.69) is 5.32 Å². The first kappa shape index (κ1) is 12.7. The molecule has 1 amide bonds. The lowest BCUT2D eigenvalue weighted by atomic mass is 10.0. The molecule has 0 aliphatic carbocycles. The third-order valence-electron chi connectivity index (χ3n) is 2.92. The second-order valence-corrected chi connectivity index (χ2v) is 4.38. The van der Waals surface area contributed by atoms with Crippen molar-refractivity contribution in [1.29, 1.82) is 0 Å². The molecule has 1 atom stereocenters. The average Bonchev–Trinajstić information content (AvgIpc) is 2.77. The van der Waals surface area contributed by atoms with Crippen molar-refractivity contribution in [3.05, 3.63) is 23.8 Å². The van der Waals surface area contributed by atoms with E-state index >= 15 is 0 Å². The maximum Gasteiger partial charge on any atom is 0.255 e. The van der Waals surface area contributed by atoms with Crippen LogP contribution in [0.25, 0.3) is 0 Å². The Morgan fingerprint density at radius 1 is 1.44 bits per heavy atom. The monoisotopic (exact) mass is 253 g/mol. The van der Waals surface area contributed by atoms with Gasteiger partial charge in [-0.05, 0) is 12.1 Å². The van der Waals surface area contributed by atoms with E-state index in [0.717, 1.165) is 0 Å². The minimum absolute atomic E-state index is 0.0301. The van der Waals surface area contributed by atoms with Crippen molar-refractivity contribution in [2.24, 2.45) is 0 Å². The fourth-order valence-corrected chi connectivity index (χ4v) is 1.79. The number of carbonyl (C=O) groups is 1. The van der Waals surface area contributed by atoms with Crippen molar-refractivity contribution in [3.8, 4) is 11.5 Å². The summed E-state index contributed by atoms with van der Waals surface area (Å²) in [6.45, 7) is 0.685. The highest BCUT2D eigenvalue weighted by atomic mass is 16.5. The van der Waals surface area contributed by atoms with Gasteiger partial charge in [-0.15, -0.1) is 0 Å². The molecular weight excluding hydrogens is 238 g/mol. The number of hydrogen-bond acceptors (Lipinski definition) is 5. The van der Waals surface area contributed by atoms with E-state index in [-0.39, 0.29) is 24.5 Å². The lowest BCUT2D eigenvalue weighted by molar-refractivity contribution is 0.0264. The lowest BCUT2D eigenvalue weighted by Crippen LogP contribution is -2.43. The fourth-order valence-electron chi connectivity index (χ4n) is 1.79. The van der Waals surface area contributed by atoms with E-state index in [9.17, 15) is 20.1 Å². The van der Waals surface area contributed by atoms with E-state index in [4.69, 9.17) is 4.74 Å². The number of amides is 1. The summed E-state index contributed by atoms with van der Waals surface area (Å²) in [4.78, 5) is 11.8. The van der Waals surface area contributed by atoms with Gasteiger partial charge in [0, 0.05) is 19.6 Å². The number of aliphatic hydroxyl groups is 1. The van der Waals surface area contributed by atoms with Crippen molar-refractivity contribution in [1.82, 2.24) is 5.32 Å². The zero-order valence-corrected chi connectivity index (χ0v) is 9.72. The van der Waals surface area contributed by atoms with Crippen LogP contribution in [0.3, 0.4) is 0 Å². The Kier molecular flexibility index (Phi) is 3.40. The normalized spacial score (nSPS) is 22.9. The molecule has 4 N–H and O–H groups in total. The van der Waals surface area contributed by atoms with Crippen LogP contribution in [0.5, 0.6) is 11.5 Å². The molecule has 0 aromatic heterocycles. The Morgan fingerprint density at radius 3 is 2.89 bits per heavy atom. The Morgan fingerprint density at radius 2 is 2.22 bits per heavy atom. The van der Waals surface area contributed by atoms with Gasteiger partial charge < -0.3 is 25.4 Å². The summed E-state index contributed by atoms with van der Waals surface area (Å²) in [6, 6.07) is 4.13. The van der Waals surface area contributed by atoms with Crippen LogP contribution in [-0.4, -0.2) is 46.6 Å². The predicted octanol–water partition coefficient (Wildman–Crippen LogP) is -0.0210. The van der Waals surface area contributed by atoms with Gasteiger partial charge in [0.2, 0.25) is 0 Å². The molecule has 1 aromatic carbocycles. The second-order valence-electron chi connectivity index (χ2n) is 4.38. The number of carbonyl (C=O) groups excluding carboxylic acids is 1. The number of rotatable bonds is 3. The minimum Gasteiger partial charge on any atom is -0.504 e. The number of phenolic OH excluding ortho intramolecular Hbond substituents is 2. The summed E-state index contributed by atoms with van der Waals surface area (Å²) < 4.78 is 5.05. The van der Waals surface area contributed by atoms with Crippen LogP contribution in [0, 0.1) is 0 Å². The van der Waals surface area contributed by atoms with Gasteiger partial charge in [-0.3, -0.25) is 4.79 Å². The van der Waals surface area contributed by atoms with Crippen molar-refractivity contribution in [2.45, 2.75) is 12.0 Å². The summed E-state index contributed by atoms with van der Waals surface area (Å²) >= 11 is 0. The van der Waals surface area contributed by atoms with Gasteiger partial charge in [-0.25, -0.2) is 0 Å². The SMILES string of the molecule is O=C(NCC1(O)CCOC1)c1cccc(O)c1O. The van der Waals surface area contributed by atoms with Crippen molar-refractivity contribution in [3.63, 3.8) is 0 Å². The number of nitrogens with one attached hydrogen (secondary N) is 1. The first-order valence-corrected chi connectivity index (χ1v) is 5.61. The maximum absolute atomic E-state index is 11.8. The Balaban J connectivity index is 2.01. The molecule has 6 nitrogen and oxygen atoms in total. The van der Waals surface area contributed by atoms with E-state index in [1.54, 1.807) is 0 Å². The number of benzene rings is 1. The molecule has 1 saturated heterocycles. The number of para-hydroxylation sites is 1. The quantitative estimate of drug-likeness (QED) is 0.567. The summed E-state index contributed by atoms with van der Waals surface area (Å²) in [5.74, 6) is -1.38. The largest absolute Gasteiger partial charge is 0.504 e. The second kappa shape index (κ2) is 4.83. The van der Waals surface area contributed by atoms with Gasteiger partial charge in [-0.1, -0.05) is 6.07 Å². The summed E-state index contributed by atoms with van der Waals surface area (Å²) in [6.07, 6.45) is 0.458. The molecule has 2 rings (SSSR count). The summed E-state index contributed by atoms with van der Waals surface area (Å²) in [5, 5.41) is 31.3. The van der Waals surface area contributed by atoms with Crippen LogP contribution in [0.2, 0.25) is 0 Å². The molecular formula is C12H15NO5. The highest BCUT2D eigenvalue weighted by Crippen LogP contribution is 2.28. The smallest absolute Gasteiger partial charge is 0.255 e. The zero-order chi connectivity index (χ0) is 13.2. The Labute approximate surface area is 104 Å². The van der Waals surface area contributed by atoms with E-state index in [0.29, 0.717) is 13.0 Å². The zero-order valence-electron chi connectivity index (χ0n) is 9.72. The van der Waals surface area contributed by atoms with Crippen molar-refractivity contribution in [2.75, 3.05) is 19.8 Å². The standard InChI is InChI=1S/C12H15NO5/c14-9-3-1-2-8(10(9)15)11(16)13-6-12(17)4-5-18-7-12/h1-3,14-15,17H,4-7H2,(H,13,16). The topological polar surface area (TPSA) is 99.0 Å². The number of phenols is 2. The molecule has 18 heavy (non-hydrogen) atoms. The third-order valence-corrected chi connectivity index (χ3v) is 2.92. The number of hydrogen-bond donors (Lipinski definition) is 4. The molecule has 1 aromatic rings. The molecule has 1 aliphatic heterocycles. The molecule has 1 unspecified atom stereocenters. The molecule has 1 heterocycles. The van der Waals surface area contributed by atoms with Crippen LogP contribution in [0.1, 0.15) is 16.8 Å². The number of ether oxygens (including phenoxy) is 1. The van der Waals surface area contributed by atoms with Gasteiger partial charge in [0.1, 0.15) is 5.60 Å². The summed E-state index contributed by atoms with van der Waals surface area (Å²) in [5.41, 5.74) is -1.08. The maximum atomic E-state index is 11.8. The van der Waals surface area contributed by atoms with Crippen molar-refractivity contribution < 1.29 is 24.9 Å². The highest BCUT2D eigenvalue weighted by Gasteiger charge is 2.32. The predicted molar refractivity (Wildman–Crippen MR) is 62.5 cm³/mol. The van der Waals surface area contributed by atoms with Gasteiger partial charge in [0.15, 0.2) is 11.5 Å². The van der Waals surface area contributed by atoms with E-state index < -0.39 is 17.3 Å². The molecule has 0 spiro atoms. The van der Waals surface area contributed by atoms with Crippen LogP contribution in [-0.2, 0) is 4.74 Å². The molecule has 1 aliphatic rings. The first-order valence-electron chi connectivity index (χ1n) is 5.61. The first-order chi connectivity index (χ1) is 8.52. The lowest BCUT2D eigenvalue weighted by Gasteiger charge is -2.20. The van der Waals surface area contributed by atoms with E-state index in [1.807, 2.05) is 0 Å². The minimum atomic E-state index is -1.05. The van der Waals surface area contributed by atoms with Crippen LogP contribution >= 0.6 is 0 Å². The molecule has 0 bridgehead atoms. The van der Waals surface area contributed by atoms with Crippen molar-refractivity contribution >= 4 is 5.91 Å². The molecule has 0 saturated carbocycles. The van der Waals surface area contributed by atoms with Crippen LogP contribution in [0.15, 0.2) is 18.2 Å². The van der Waals surface area contributed by atoms with Gasteiger partial charge in [0.25, 0.3) is 5.91 Å². The summed E-state index contributed by atoms with van der Waals surface area (Å²) in [7, 11) is 0. The molecule has 0 radical (unpaired) electrons.